The van der Waals surface area contributed by atoms with Crippen molar-refractivity contribution < 1.29 is 23.0 Å². The number of hydrogen-bond donors (Lipinski definition) is 2. The van der Waals surface area contributed by atoms with E-state index in [2.05, 4.69) is 3.77 Å². The van der Waals surface area contributed by atoms with Gasteiger partial charge in [0.1, 0.15) is 4.90 Å². The Bertz CT molecular complexity index is 776. The van der Waals surface area contributed by atoms with E-state index in [1.54, 1.807) is 30.3 Å². The molecule has 7 nitrogen and oxygen atoms in total. The first-order valence-corrected chi connectivity index (χ1v) is 8.64. The molecule has 0 aliphatic heterocycles. The van der Waals surface area contributed by atoms with Gasteiger partial charge in [-0.2, -0.15) is 13.6 Å². The van der Waals surface area contributed by atoms with E-state index in [1.807, 2.05) is 0 Å². The topological polar surface area (TPSA) is 103 Å². The van der Waals surface area contributed by atoms with E-state index in [0.29, 0.717) is 0 Å². The van der Waals surface area contributed by atoms with Gasteiger partial charge >= 0.3 is 0 Å². The molecule has 0 aliphatic rings. The summed E-state index contributed by atoms with van der Waals surface area (Å²) in [4.78, 5) is 0.231. The van der Waals surface area contributed by atoms with Gasteiger partial charge in [0.05, 0.1) is 23.0 Å². The Morgan fingerprint density at radius 2 is 1.73 bits per heavy atom. The number of nitrogens with zero attached hydrogens (tertiary/aromatic N) is 1. The molecule has 0 radical (unpaired) electrons. The first kappa shape index (κ1) is 16.7. The summed E-state index contributed by atoms with van der Waals surface area (Å²) in [6.07, 6.45) is 0. The lowest BCUT2D eigenvalue weighted by atomic mass is 10.3. The Labute approximate surface area is 130 Å². The fourth-order valence-electron chi connectivity index (χ4n) is 1.68. The molecule has 9 heteroatoms. The van der Waals surface area contributed by atoms with Crippen molar-refractivity contribution in [2.24, 2.45) is 3.77 Å². The highest BCUT2D eigenvalue weighted by Gasteiger charge is 2.18. The molecular weight excluding hydrogens is 328 g/mol. The van der Waals surface area contributed by atoms with Gasteiger partial charge in [-0.1, -0.05) is 30.3 Å². The van der Waals surface area contributed by atoms with Gasteiger partial charge in [-0.25, -0.2) is 5.21 Å². The molecule has 0 heterocycles. The summed E-state index contributed by atoms with van der Waals surface area (Å²) in [6, 6.07) is 13.7. The molecule has 0 aliphatic carbocycles. The molecule has 0 aromatic heterocycles. The van der Waals surface area contributed by atoms with Crippen molar-refractivity contribution in [1.29, 1.82) is 0 Å². The maximum Gasteiger partial charge on any atom is 0.290 e. The number of benzene rings is 2. The van der Waals surface area contributed by atoms with Crippen LogP contribution in [0.1, 0.15) is 0 Å². The van der Waals surface area contributed by atoms with Crippen molar-refractivity contribution in [1.82, 2.24) is 0 Å². The van der Waals surface area contributed by atoms with Gasteiger partial charge in [-0.15, -0.1) is 3.77 Å². The first-order valence-electron chi connectivity index (χ1n) is 6.10. The van der Waals surface area contributed by atoms with Crippen LogP contribution in [0.4, 0.5) is 5.69 Å². The lowest BCUT2D eigenvalue weighted by molar-refractivity contribution is -0.992. The Balaban J connectivity index is 2.54. The predicted octanol–water partition coefficient (Wildman–Crippen LogP) is 1.20. The second kappa shape index (κ2) is 7.09. The molecule has 118 valence electrons. The molecule has 2 unspecified atom stereocenters. The molecule has 2 aromatic rings. The van der Waals surface area contributed by atoms with Crippen LogP contribution in [-0.4, -0.2) is 20.7 Å². The third kappa shape index (κ3) is 3.77. The van der Waals surface area contributed by atoms with Gasteiger partial charge in [0.2, 0.25) is 0 Å². The van der Waals surface area contributed by atoms with Crippen molar-refractivity contribution in [3.63, 3.8) is 0 Å². The lowest BCUT2D eigenvalue weighted by Crippen LogP contribution is -2.99. The Kier molecular flexibility index (Phi) is 5.40. The summed E-state index contributed by atoms with van der Waals surface area (Å²) in [5, 5.41) is 19.2. The minimum atomic E-state index is -3.94. The van der Waals surface area contributed by atoms with E-state index in [1.165, 1.54) is 31.4 Å². The Morgan fingerprint density at radius 3 is 2.32 bits per heavy atom. The van der Waals surface area contributed by atoms with Crippen LogP contribution in [-0.2, 0) is 25.2 Å². The average molecular weight is 342 g/mol. The van der Waals surface area contributed by atoms with Crippen molar-refractivity contribution in [2.75, 3.05) is 7.11 Å². The summed E-state index contributed by atoms with van der Waals surface area (Å²) in [5.74, 6) is 0. The minimum absolute atomic E-state index is 0.0253. The quantitative estimate of drug-likeness (QED) is 0.795. The van der Waals surface area contributed by atoms with E-state index in [0.717, 1.165) is 0 Å². The molecule has 2 aromatic carbocycles. The van der Waals surface area contributed by atoms with Crippen molar-refractivity contribution in [2.45, 2.75) is 9.79 Å². The highest BCUT2D eigenvalue weighted by Crippen LogP contribution is 2.21. The third-order valence-corrected chi connectivity index (χ3v) is 5.91. The van der Waals surface area contributed by atoms with Crippen LogP contribution in [0.2, 0.25) is 0 Å². The molecule has 2 atom stereocenters. The normalized spacial score (nSPS) is 14.7. The van der Waals surface area contributed by atoms with Crippen LogP contribution < -0.4 is 5.23 Å². The second-order valence-corrected chi connectivity index (χ2v) is 7.37. The molecule has 2 N–H and O–H groups in total. The first-order chi connectivity index (χ1) is 10.5. The van der Waals surface area contributed by atoms with E-state index in [-0.39, 0.29) is 15.5 Å². The Hall–Kier alpha value is -1.62. The number of sulfonamides is 1. The van der Waals surface area contributed by atoms with Crippen LogP contribution in [0.5, 0.6) is 0 Å². The van der Waals surface area contributed by atoms with Crippen molar-refractivity contribution >= 4 is 26.7 Å². The standard InChI is InChI=1S/C13H14N2O5S2/c1-20-21(13-10-6-5-9-12(13)15(16)17)14-22(18,19)11-7-3-2-4-8-11/h2-10,15-16H,1H3. The molecule has 22 heavy (non-hydrogen) atoms. The van der Waals surface area contributed by atoms with Crippen LogP contribution in [0.15, 0.2) is 68.2 Å². The smallest absolute Gasteiger partial charge is 0.290 e. The maximum absolute atomic E-state index is 12.3. The van der Waals surface area contributed by atoms with Crippen LogP contribution in [0, 0.1) is 5.21 Å². The number of nitrogens with one attached hydrogen (secondary N) is 1. The van der Waals surface area contributed by atoms with Gasteiger partial charge in [0.15, 0.2) is 5.69 Å². The molecule has 0 bridgehead atoms. The number of quaternary nitrogens is 1. The van der Waals surface area contributed by atoms with Gasteiger partial charge in [-0.3, -0.25) is 0 Å². The van der Waals surface area contributed by atoms with Crippen LogP contribution in [0.3, 0.4) is 0 Å². The monoisotopic (exact) mass is 342 g/mol. The summed E-state index contributed by atoms with van der Waals surface area (Å²) in [6.45, 7) is 0. The van der Waals surface area contributed by atoms with Crippen molar-refractivity contribution in [3.8, 4) is 0 Å². The highest BCUT2D eigenvalue weighted by molar-refractivity contribution is 7.98. The van der Waals surface area contributed by atoms with Gasteiger partial charge in [0, 0.05) is 6.07 Å². The van der Waals surface area contributed by atoms with Crippen molar-refractivity contribution in [3.05, 3.63) is 59.8 Å². The fraction of sp³-hybridized carbons (Fsp3) is 0.0769. The zero-order valence-electron chi connectivity index (χ0n) is 11.5. The second-order valence-electron chi connectivity index (χ2n) is 4.08. The number of para-hydroxylation sites is 1. The Morgan fingerprint density at radius 1 is 1.14 bits per heavy atom. The zero-order valence-corrected chi connectivity index (χ0v) is 13.2. The fourth-order valence-corrected chi connectivity index (χ4v) is 4.52. The van der Waals surface area contributed by atoms with E-state index in [4.69, 9.17) is 4.18 Å². The zero-order chi connectivity index (χ0) is 16.2. The molecule has 0 saturated heterocycles. The summed E-state index contributed by atoms with van der Waals surface area (Å²) >= 11 is 0. The highest BCUT2D eigenvalue weighted by atomic mass is 32.3. The van der Waals surface area contributed by atoms with E-state index < -0.39 is 26.2 Å². The number of rotatable bonds is 5. The largest absolute Gasteiger partial charge is 0.595 e. The SMILES string of the molecule is CO/S(=N/S(=O)(=O)c1ccccc1)c1ccccc1[NH+]([O-])O. The molecule has 0 amide bonds. The summed E-state index contributed by atoms with van der Waals surface area (Å²) in [7, 11) is -4.20. The molecular formula is C13H14N2O5S2. The van der Waals surface area contributed by atoms with E-state index >= 15 is 0 Å². The third-order valence-electron chi connectivity index (χ3n) is 2.67. The summed E-state index contributed by atoms with van der Waals surface area (Å²) < 4.78 is 33.4. The number of hydrogen-bond acceptors (Lipinski definition) is 5. The predicted molar refractivity (Wildman–Crippen MR) is 80.9 cm³/mol. The van der Waals surface area contributed by atoms with Gasteiger partial charge in [0.25, 0.3) is 10.0 Å². The lowest BCUT2D eigenvalue weighted by Gasteiger charge is -2.16. The van der Waals surface area contributed by atoms with E-state index in [9.17, 15) is 18.8 Å². The molecule has 0 saturated carbocycles. The van der Waals surface area contributed by atoms with Crippen LogP contribution in [0.25, 0.3) is 0 Å². The molecule has 2 rings (SSSR count). The van der Waals surface area contributed by atoms with Gasteiger partial charge in [-0.05, 0) is 18.2 Å². The van der Waals surface area contributed by atoms with Gasteiger partial charge < -0.3 is 9.39 Å². The summed E-state index contributed by atoms with van der Waals surface area (Å²) in [5.41, 5.74) is -0.0419. The van der Waals surface area contributed by atoms with Crippen LogP contribution >= 0.6 is 0 Å². The average Bonchev–Trinajstić information content (AvgIpc) is 2.53. The minimum Gasteiger partial charge on any atom is -0.595 e. The maximum atomic E-state index is 12.3. The molecule has 0 spiro atoms. The molecule has 0 fully saturated rings.